The molecule has 4 aromatic rings. The predicted molar refractivity (Wildman–Crippen MR) is 179 cm³/mol. The van der Waals surface area contributed by atoms with Gasteiger partial charge in [0.1, 0.15) is 24.1 Å². The molecule has 18 heteroatoms. The van der Waals surface area contributed by atoms with Gasteiger partial charge < -0.3 is 24.5 Å². The smallest absolute Gasteiger partial charge is 0.407 e. The van der Waals surface area contributed by atoms with Crippen LogP contribution in [0.5, 0.6) is 0 Å². The van der Waals surface area contributed by atoms with Gasteiger partial charge in [-0.3, -0.25) is 9.20 Å². The van der Waals surface area contributed by atoms with Gasteiger partial charge in [0.15, 0.2) is 5.82 Å². The summed E-state index contributed by atoms with van der Waals surface area (Å²) in [6, 6.07) is 3.00. The highest BCUT2D eigenvalue weighted by atomic mass is 32.1. The Balaban J connectivity index is 1.40. The Morgan fingerprint density at radius 2 is 2.10 bits per heavy atom. The van der Waals surface area contributed by atoms with Crippen LogP contribution in [0.2, 0.25) is 0 Å². The van der Waals surface area contributed by atoms with Crippen molar-refractivity contribution >= 4 is 52.1 Å². The molecule has 0 aliphatic carbocycles. The van der Waals surface area contributed by atoms with Crippen LogP contribution in [0.1, 0.15) is 56.3 Å². The highest BCUT2D eigenvalue weighted by Crippen LogP contribution is 2.28. The second-order valence-electron chi connectivity index (χ2n) is 13.4. The van der Waals surface area contributed by atoms with E-state index in [1.165, 1.54) is 40.1 Å². The second-order valence-corrected chi connectivity index (χ2v) is 14.2. The number of tetrazole rings is 1. The van der Waals surface area contributed by atoms with Crippen molar-refractivity contribution in [3.63, 3.8) is 0 Å². The Hall–Kier alpha value is -4.84. The molecule has 0 bridgehead atoms. The second kappa shape index (κ2) is 14.7. The maximum absolute atomic E-state index is 13.9. The maximum atomic E-state index is 13.9. The number of nitrogens with one attached hydrogen (secondary N) is 2. The van der Waals surface area contributed by atoms with Crippen molar-refractivity contribution in [3.8, 4) is 0 Å². The summed E-state index contributed by atoms with van der Waals surface area (Å²) in [6.07, 6.45) is 2.10. The van der Waals surface area contributed by atoms with Gasteiger partial charge in [0.2, 0.25) is 5.13 Å². The molecule has 2 N–H and O–H groups in total. The average molecular weight is 700 g/mol. The summed E-state index contributed by atoms with van der Waals surface area (Å²) < 4.78 is 32.7. The van der Waals surface area contributed by atoms with Gasteiger partial charge in [-0.15, -0.1) is 21.5 Å². The van der Waals surface area contributed by atoms with Gasteiger partial charge in [-0.1, -0.05) is 20.8 Å². The van der Waals surface area contributed by atoms with Crippen LogP contribution in [0.4, 0.5) is 24.5 Å². The molecule has 4 aromatic heterocycles. The number of anilines is 1. The van der Waals surface area contributed by atoms with Gasteiger partial charge in [0, 0.05) is 23.5 Å². The van der Waals surface area contributed by atoms with Gasteiger partial charge in [0.25, 0.3) is 12.0 Å². The summed E-state index contributed by atoms with van der Waals surface area (Å²) in [5.74, 6) is 0.0468. The molecule has 5 rings (SSSR count). The molecule has 0 saturated carbocycles. The number of amides is 1. The molecule has 1 atom stereocenters. The van der Waals surface area contributed by atoms with Gasteiger partial charge >= 0.3 is 6.09 Å². The Morgan fingerprint density at radius 1 is 1.31 bits per heavy atom. The molecule has 5 heterocycles. The number of aromatic nitrogens is 7. The van der Waals surface area contributed by atoms with Gasteiger partial charge in [0.05, 0.1) is 45.0 Å². The number of nitrogens with zero attached hydrogens (tertiary/aromatic N) is 9. The molecule has 1 aliphatic heterocycles. The summed E-state index contributed by atoms with van der Waals surface area (Å²) in [5.41, 5.74) is 0.912. The number of halogens is 2. The number of quaternary nitrogens is 1. The fraction of sp³-hybridized carbons (Fsp3) is 0.484. The Labute approximate surface area is 285 Å². The lowest BCUT2D eigenvalue weighted by molar-refractivity contribution is -0.893. The molecular weight excluding hydrogens is 660 g/mol. The van der Waals surface area contributed by atoms with Gasteiger partial charge in [-0.25, -0.2) is 28.5 Å². The highest BCUT2D eigenvalue weighted by Gasteiger charge is 2.28. The molecule has 0 aromatic carbocycles. The monoisotopic (exact) mass is 699 g/mol. The number of carbonyl (C=O) groups is 1. The molecule has 0 unspecified atom stereocenters. The van der Waals surface area contributed by atoms with Crippen LogP contribution in [-0.4, -0.2) is 111 Å². The van der Waals surface area contributed by atoms with Crippen LogP contribution >= 0.6 is 11.3 Å². The van der Waals surface area contributed by atoms with E-state index in [4.69, 9.17) is 9.72 Å². The summed E-state index contributed by atoms with van der Waals surface area (Å²) in [4.78, 5) is 41.8. The number of hydrogen-bond donors (Lipinski definition) is 2. The third kappa shape index (κ3) is 9.20. The van der Waals surface area contributed by atoms with E-state index in [9.17, 15) is 23.5 Å². The topological polar surface area (TPSA) is 179 Å². The number of ether oxygens (including phenoxy) is 1. The predicted octanol–water partition coefficient (Wildman–Crippen LogP) is 2.61. The number of rotatable bonds is 11. The zero-order valence-corrected chi connectivity index (χ0v) is 28.7. The number of aliphatic imine (C=N–C) groups is 1. The largest absolute Gasteiger partial charge is 0.858 e. The lowest BCUT2D eigenvalue weighted by Crippen LogP contribution is -2.48. The van der Waals surface area contributed by atoms with Crippen LogP contribution in [0, 0.1) is 0 Å². The Morgan fingerprint density at radius 3 is 2.80 bits per heavy atom. The first-order valence-corrected chi connectivity index (χ1v) is 16.6. The summed E-state index contributed by atoms with van der Waals surface area (Å²) >= 11 is 1.28. The van der Waals surface area contributed by atoms with Crippen molar-refractivity contribution in [1.29, 1.82) is 0 Å². The summed E-state index contributed by atoms with van der Waals surface area (Å²) in [5, 5.41) is 31.8. The van der Waals surface area contributed by atoms with Crippen molar-refractivity contribution in [2.75, 3.05) is 51.7 Å². The number of pyridine rings is 1. The maximum Gasteiger partial charge on any atom is 0.407 e. The molecule has 49 heavy (non-hydrogen) atoms. The van der Waals surface area contributed by atoms with Crippen LogP contribution < -0.4 is 20.9 Å². The Kier molecular flexibility index (Phi) is 10.7. The van der Waals surface area contributed by atoms with Crippen molar-refractivity contribution in [1.82, 2.24) is 40.3 Å². The average Bonchev–Trinajstić information content (AvgIpc) is 3.72. The van der Waals surface area contributed by atoms with E-state index in [-0.39, 0.29) is 52.1 Å². The van der Waals surface area contributed by atoms with Gasteiger partial charge in [-0.05, 0) is 53.8 Å². The van der Waals surface area contributed by atoms with E-state index < -0.39 is 30.1 Å². The molecule has 0 spiro atoms. The number of alkyl carbamates (subject to hydrolysis) is 1. The molecule has 1 saturated heterocycles. The van der Waals surface area contributed by atoms with E-state index in [0.29, 0.717) is 36.9 Å². The molecule has 0 radical (unpaired) electrons. The quantitative estimate of drug-likeness (QED) is 0.134. The number of fused-ring (bicyclic) bond motifs is 1. The first kappa shape index (κ1) is 35.5. The number of thiazole rings is 1. The van der Waals surface area contributed by atoms with Crippen LogP contribution in [-0.2, 0) is 10.2 Å². The van der Waals surface area contributed by atoms with E-state index in [1.807, 2.05) is 31.1 Å². The zero-order valence-electron chi connectivity index (χ0n) is 27.9. The highest BCUT2D eigenvalue weighted by molar-refractivity contribution is 7.13. The number of hydrogen-bond acceptors (Lipinski definition) is 12. The number of piperidine rings is 1. The minimum Gasteiger partial charge on any atom is -0.858 e. The van der Waals surface area contributed by atoms with Gasteiger partial charge in [-0.2, -0.15) is 5.21 Å². The minimum absolute atomic E-state index is 0.0446. The normalized spacial score (nSPS) is 16.2. The number of H-pyrrole nitrogens is 1. The number of alkyl halides is 2. The fourth-order valence-corrected chi connectivity index (χ4v) is 6.12. The molecule has 262 valence electrons. The van der Waals surface area contributed by atoms with Crippen molar-refractivity contribution in [2.45, 2.75) is 51.6 Å². The van der Waals surface area contributed by atoms with Crippen LogP contribution in [0.3, 0.4) is 0 Å². The first-order chi connectivity index (χ1) is 23.2. The van der Waals surface area contributed by atoms with Crippen molar-refractivity contribution in [2.24, 2.45) is 4.99 Å². The first-order valence-electron chi connectivity index (χ1n) is 15.7. The fourth-order valence-electron chi connectivity index (χ4n) is 5.21. The van der Waals surface area contributed by atoms with Crippen molar-refractivity contribution < 1.29 is 27.9 Å². The van der Waals surface area contributed by atoms with Crippen LogP contribution in [0.25, 0.3) is 17.8 Å². The Bertz CT molecular complexity index is 1880. The van der Waals surface area contributed by atoms with E-state index >= 15 is 0 Å². The lowest BCUT2D eigenvalue weighted by Gasteiger charge is -2.34. The molecule has 15 nitrogen and oxygen atoms in total. The molecule has 1 fully saturated rings. The zero-order chi connectivity index (χ0) is 35.3. The summed E-state index contributed by atoms with van der Waals surface area (Å²) in [7, 11) is 3.33. The van der Waals surface area contributed by atoms with Crippen molar-refractivity contribution in [3.05, 3.63) is 56.7 Å². The minimum atomic E-state index is -2.45. The standard InChI is InChI=1S/C31H39F2N11O4S/c1-31(2,3)22-18-49-29(35-22)37-27(45)19-10-13-43-25(15-19)36-26(21(28(43)46)8-9-24-38-40-41-39-24)42-12-6-7-20(16-42)48-30(47)34-11-14-44(4,5)17-23(32)33/h8-10,13,15,18,20,23H,6-7,11-12,14,16-17H2,1-5H3,(H2-,34,35,37,38,39,40,41,45,47)/t20-/m1/s1. The number of aromatic amines is 1. The third-order valence-corrected chi connectivity index (χ3v) is 8.62. The molecular formula is C31H39F2N11O4S. The summed E-state index contributed by atoms with van der Waals surface area (Å²) in [6.45, 7) is 6.97. The molecule has 1 aliphatic rings. The van der Waals surface area contributed by atoms with Crippen LogP contribution in [0.15, 0.2) is 33.5 Å². The third-order valence-electron chi connectivity index (χ3n) is 7.88. The molecule has 1 amide bonds. The van der Waals surface area contributed by atoms with E-state index in [0.717, 1.165) is 5.69 Å². The van der Waals surface area contributed by atoms with E-state index in [2.05, 4.69) is 35.9 Å². The van der Waals surface area contributed by atoms with E-state index in [1.54, 1.807) is 20.2 Å². The number of carbonyl (C=O) groups excluding carboxylic acids is 1. The lowest BCUT2D eigenvalue weighted by atomic mass is 9.93. The number of likely N-dealkylation sites (N-methyl/N-ethyl adjacent to an activating group) is 1. The SMILES string of the molecule is CC(C)(C)c1csc(/N=C(\[O-])c2ccn3c(=O)c(/C=C/c4nn[nH]n4)c(N4CCC[C@@H](OC(=O)NCC[N+](C)(C)CC(F)F)C4)nc3c2)n1.